The van der Waals surface area contributed by atoms with E-state index in [0.717, 1.165) is 6.42 Å². The number of hydrogen-bond acceptors (Lipinski definition) is 5. The molecule has 5 atom stereocenters. The molecule has 0 radical (unpaired) electrons. The molecule has 2 aliphatic rings. The Labute approximate surface area is 125 Å². The molecule has 0 spiro atoms. The summed E-state index contributed by atoms with van der Waals surface area (Å²) in [5.74, 6) is -0.610. The Hall–Kier alpha value is -1.23. The molecule has 5 heteroatoms. The second-order valence-corrected chi connectivity index (χ2v) is 6.72. The fourth-order valence-electron chi connectivity index (χ4n) is 3.09. The summed E-state index contributed by atoms with van der Waals surface area (Å²) in [6.45, 7) is 5.40. The Morgan fingerprint density at radius 2 is 2.00 bits per heavy atom. The molecule has 0 amide bonds. The quantitative estimate of drug-likeness (QED) is 0.720. The van der Waals surface area contributed by atoms with Crippen LogP contribution in [0.2, 0.25) is 0 Å². The van der Waals surface area contributed by atoms with Crippen LogP contribution in [-0.4, -0.2) is 34.9 Å². The van der Waals surface area contributed by atoms with Crippen LogP contribution < -0.4 is 0 Å². The van der Waals surface area contributed by atoms with Gasteiger partial charge in [-0.1, -0.05) is 20.8 Å². The van der Waals surface area contributed by atoms with Gasteiger partial charge in [-0.15, -0.1) is 0 Å². The first-order valence-electron chi connectivity index (χ1n) is 7.76. The summed E-state index contributed by atoms with van der Waals surface area (Å²) in [4.78, 5) is 35.0. The third kappa shape index (κ3) is 3.70. The number of rotatable bonds is 7. The third-order valence-electron chi connectivity index (χ3n) is 4.59. The van der Waals surface area contributed by atoms with E-state index < -0.39 is 12.2 Å². The van der Waals surface area contributed by atoms with E-state index in [0.29, 0.717) is 19.3 Å². The highest BCUT2D eigenvalue weighted by Crippen LogP contribution is 2.46. The summed E-state index contributed by atoms with van der Waals surface area (Å²) in [5.41, 5.74) is 0. The number of carbonyl (C=O) groups is 3. The van der Waals surface area contributed by atoms with Crippen LogP contribution in [0.4, 0.5) is 0 Å². The fraction of sp³-hybridized carbons (Fsp3) is 0.812. The minimum absolute atomic E-state index is 0.0127. The fourth-order valence-corrected chi connectivity index (χ4v) is 3.09. The van der Waals surface area contributed by atoms with E-state index in [1.807, 2.05) is 6.92 Å². The molecular formula is C16H24O5. The Kier molecular flexibility index (Phi) is 4.81. The summed E-state index contributed by atoms with van der Waals surface area (Å²) in [6.07, 6.45) is 0.747. The highest BCUT2D eigenvalue weighted by Gasteiger charge is 2.47. The molecule has 5 unspecified atom stereocenters. The van der Waals surface area contributed by atoms with Crippen molar-refractivity contribution in [3.8, 4) is 0 Å². The Bertz CT molecular complexity index is 442. The van der Waals surface area contributed by atoms with Crippen LogP contribution in [0.3, 0.4) is 0 Å². The lowest BCUT2D eigenvalue weighted by Crippen LogP contribution is -2.29. The Morgan fingerprint density at radius 1 is 1.33 bits per heavy atom. The van der Waals surface area contributed by atoms with Gasteiger partial charge in [0.1, 0.15) is 6.10 Å². The maximum atomic E-state index is 12.2. The molecule has 1 aliphatic heterocycles. The van der Waals surface area contributed by atoms with Gasteiger partial charge in [-0.25, -0.2) is 0 Å². The van der Waals surface area contributed by atoms with Gasteiger partial charge in [-0.2, -0.15) is 0 Å². The van der Waals surface area contributed by atoms with Crippen LogP contribution in [0.1, 0.15) is 46.5 Å². The first kappa shape index (κ1) is 16.1. The summed E-state index contributed by atoms with van der Waals surface area (Å²) < 4.78 is 5.00. The van der Waals surface area contributed by atoms with Crippen molar-refractivity contribution in [1.82, 2.24) is 0 Å². The maximum Gasteiger partial charge on any atom is 0.306 e. The van der Waals surface area contributed by atoms with Gasteiger partial charge < -0.3 is 9.84 Å². The zero-order chi connectivity index (χ0) is 15.7. The lowest BCUT2D eigenvalue weighted by molar-refractivity contribution is -0.148. The van der Waals surface area contributed by atoms with Crippen molar-refractivity contribution in [2.24, 2.45) is 23.7 Å². The minimum atomic E-state index is -0.901. The van der Waals surface area contributed by atoms with Crippen LogP contribution in [0.25, 0.3) is 0 Å². The van der Waals surface area contributed by atoms with E-state index in [4.69, 9.17) is 4.74 Å². The number of aliphatic hydroxyl groups is 1. The molecule has 2 fully saturated rings. The highest BCUT2D eigenvalue weighted by molar-refractivity contribution is 5.89. The third-order valence-corrected chi connectivity index (χ3v) is 4.59. The van der Waals surface area contributed by atoms with Gasteiger partial charge in [0.2, 0.25) is 0 Å². The predicted octanol–water partition coefficient (Wildman–Crippen LogP) is 1.51. The molecule has 0 aromatic heterocycles. The van der Waals surface area contributed by atoms with Gasteiger partial charge >= 0.3 is 5.97 Å². The van der Waals surface area contributed by atoms with Crippen molar-refractivity contribution in [2.45, 2.75) is 58.7 Å². The van der Waals surface area contributed by atoms with Crippen LogP contribution in [0, 0.1) is 23.7 Å². The van der Waals surface area contributed by atoms with E-state index >= 15 is 0 Å². The number of carbonyl (C=O) groups excluding carboxylic acids is 3. The van der Waals surface area contributed by atoms with Crippen molar-refractivity contribution < 1.29 is 24.2 Å². The molecule has 118 valence electrons. The molecule has 5 nitrogen and oxygen atoms in total. The van der Waals surface area contributed by atoms with Gasteiger partial charge in [0, 0.05) is 24.7 Å². The molecule has 1 heterocycles. The summed E-state index contributed by atoms with van der Waals surface area (Å²) in [6, 6.07) is 0. The Balaban J connectivity index is 1.80. The van der Waals surface area contributed by atoms with Crippen molar-refractivity contribution >= 4 is 17.5 Å². The van der Waals surface area contributed by atoms with Gasteiger partial charge in [-0.05, 0) is 24.7 Å². The predicted molar refractivity (Wildman–Crippen MR) is 75.4 cm³/mol. The largest absolute Gasteiger partial charge is 0.454 e. The minimum Gasteiger partial charge on any atom is -0.454 e. The van der Waals surface area contributed by atoms with Gasteiger partial charge in [0.05, 0.1) is 0 Å². The first-order chi connectivity index (χ1) is 9.81. The number of Topliss-reactive ketones (excluding diaryl/α,β-unsaturated/α-hetero) is 2. The molecule has 1 N–H and O–H groups in total. The average Bonchev–Trinajstić information content (AvgIpc) is 3.06. The van der Waals surface area contributed by atoms with E-state index in [9.17, 15) is 19.5 Å². The number of hydrogen-bond donors (Lipinski definition) is 1. The van der Waals surface area contributed by atoms with Crippen LogP contribution in [-0.2, 0) is 19.1 Å². The SMILES string of the molecule is CC(C)C(=O)C(O)C1CC1CC(C)C(=O)C1CCC(=O)O1. The number of aliphatic hydroxyl groups excluding tert-OH is 1. The van der Waals surface area contributed by atoms with E-state index in [-0.39, 0.29) is 41.2 Å². The first-order valence-corrected chi connectivity index (χ1v) is 7.76. The summed E-state index contributed by atoms with van der Waals surface area (Å²) in [7, 11) is 0. The molecule has 1 saturated heterocycles. The maximum absolute atomic E-state index is 12.2. The molecule has 1 aliphatic carbocycles. The van der Waals surface area contributed by atoms with E-state index in [1.165, 1.54) is 0 Å². The zero-order valence-electron chi connectivity index (χ0n) is 12.9. The normalized spacial score (nSPS) is 30.9. The van der Waals surface area contributed by atoms with Gasteiger partial charge in [0.25, 0.3) is 0 Å². The van der Waals surface area contributed by atoms with Crippen molar-refractivity contribution in [3.63, 3.8) is 0 Å². The molecule has 2 rings (SSSR count). The molecule has 1 saturated carbocycles. The lowest BCUT2D eigenvalue weighted by Gasteiger charge is -2.16. The van der Waals surface area contributed by atoms with Crippen molar-refractivity contribution in [2.75, 3.05) is 0 Å². The van der Waals surface area contributed by atoms with Crippen LogP contribution >= 0.6 is 0 Å². The number of ether oxygens (including phenoxy) is 1. The number of cyclic esters (lactones) is 1. The van der Waals surface area contributed by atoms with Gasteiger partial charge in [-0.3, -0.25) is 14.4 Å². The smallest absolute Gasteiger partial charge is 0.306 e. The highest BCUT2D eigenvalue weighted by atomic mass is 16.6. The topological polar surface area (TPSA) is 80.7 Å². The van der Waals surface area contributed by atoms with Crippen LogP contribution in [0.5, 0.6) is 0 Å². The molecule has 21 heavy (non-hydrogen) atoms. The van der Waals surface area contributed by atoms with Crippen molar-refractivity contribution in [1.29, 1.82) is 0 Å². The average molecular weight is 296 g/mol. The number of ketones is 2. The van der Waals surface area contributed by atoms with Crippen molar-refractivity contribution in [3.05, 3.63) is 0 Å². The Morgan fingerprint density at radius 3 is 2.52 bits per heavy atom. The molecule has 0 bridgehead atoms. The van der Waals surface area contributed by atoms with E-state index in [1.54, 1.807) is 13.8 Å². The standard InChI is InChI=1S/C16H24O5/c1-8(2)14(18)16(20)11-7-10(11)6-9(3)15(19)12-4-5-13(17)21-12/h8-12,16,20H,4-7H2,1-3H3. The lowest BCUT2D eigenvalue weighted by atomic mass is 9.92. The molecule has 0 aromatic carbocycles. The van der Waals surface area contributed by atoms with Gasteiger partial charge in [0.15, 0.2) is 17.7 Å². The number of esters is 1. The van der Waals surface area contributed by atoms with E-state index in [2.05, 4.69) is 0 Å². The second kappa shape index (κ2) is 6.26. The summed E-state index contributed by atoms with van der Waals surface area (Å²) >= 11 is 0. The van der Waals surface area contributed by atoms with Crippen LogP contribution in [0.15, 0.2) is 0 Å². The zero-order valence-corrected chi connectivity index (χ0v) is 12.9. The monoisotopic (exact) mass is 296 g/mol. The summed E-state index contributed by atoms with van der Waals surface area (Å²) in [5, 5.41) is 9.99. The second-order valence-electron chi connectivity index (χ2n) is 6.72. The molecule has 0 aromatic rings. The molecular weight excluding hydrogens is 272 g/mol.